The number of carbonyl (C=O) groups is 2. The molecule has 0 atom stereocenters. The maximum Gasteiger partial charge on any atom is 0.363 e. The van der Waals surface area contributed by atoms with Crippen LogP contribution in [0.15, 0.2) is 83.5 Å². The van der Waals surface area contributed by atoms with Gasteiger partial charge in [0.1, 0.15) is 12.4 Å². The molecule has 0 aliphatic carbocycles. The lowest BCUT2D eigenvalue weighted by molar-refractivity contribution is -0.384. The molecule has 9 nitrogen and oxygen atoms in total. The van der Waals surface area contributed by atoms with Gasteiger partial charge in [-0.15, -0.1) is 0 Å². The zero-order valence-corrected chi connectivity index (χ0v) is 18.1. The molecule has 34 heavy (non-hydrogen) atoms. The minimum Gasteiger partial charge on any atom is -0.489 e. The number of esters is 1. The largest absolute Gasteiger partial charge is 0.489 e. The van der Waals surface area contributed by atoms with E-state index in [1.807, 2.05) is 0 Å². The Kier molecular flexibility index (Phi) is 6.45. The molecule has 0 fully saturated rings. The summed E-state index contributed by atoms with van der Waals surface area (Å²) < 4.78 is 11.1. The molecule has 0 saturated heterocycles. The van der Waals surface area contributed by atoms with E-state index in [-0.39, 0.29) is 29.8 Å². The Morgan fingerprint density at radius 3 is 2.53 bits per heavy atom. The normalized spacial score (nSPS) is 13.9. The van der Waals surface area contributed by atoms with Gasteiger partial charge in [-0.25, -0.2) is 9.79 Å². The summed E-state index contributed by atoms with van der Waals surface area (Å²) in [6, 6.07) is 20.0. The van der Waals surface area contributed by atoms with E-state index >= 15 is 0 Å². The highest BCUT2D eigenvalue weighted by Gasteiger charge is 2.24. The number of anilines is 1. The van der Waals surface area contributed by atoms with Crippen LogP contribution in [0.25, 0.3) is 6.08 Å². The highest BCUT2D eigenvalue weighted by Crippen LogP contribution is 2.23. The number of non-ortho nitro benzene ring substituents is 1. The minimum atomic E-state index is -0.571. The van der Waals surface area contributed by atoms with Crippen LogP contribution in [0.4, 0.5) is 11.4 Å². The Labute approximate surface area is 194 Å². The van der Waals surface area contributed by atoms with Gasteiger partial charge in [0.25, 0.3) is 5.69 Å². The Morgan fingerprint density at radius 1 is 1.12 bits per heavy atom. The second kappa shape index (κ2) is 9.78. The van der Waals surface area contributed by atoms with Crippen molar-refractivity contribution in [2.45, 2.75) is 13.5 Å². The predicted molar refractivity (Wildman–Crippen MR) is 125 cm³/mol. The molecule has 1 amide bonds. The van der Waals surface area contributed by atoms with Gasteiger partial charge in [-0.2, -0.15) is 0 Å². The highest BCUT2D eigenvalue weighted by atomic mass is 16.6. The fourth-order valence-corrected chi connectivity index (χ4v) is 3.16. The van der Waals surface area contributed by atoms with Gasteiger partial charge in [-0.1, -0.05) is 12.1 Å². The van der Waals surface area contributed by atoms with Crippen LogP contribution in [0.1, 0.15) is 23.6 Å². The van der Waals surface area contributed by atoms with Crippen LogP contribution in [0.2, 0.25) is 0 Å². The molecule has 1 aliphatic heterocycles. The first-order chi connectivity index (χ1) is 16.4. The third-order valence-electron chi connectivity index (χ3n) is 4.79. The van der Waals surface area contributed by atoms with Crippen LogP contribution < -0.4 is 10.1 Å². The first-order valence-corrected chi connectivity index (χ1v) is 10.2. The summed E-state index contributed by atoms with van der Waals surface area (Å²) in [6.07, 6.45) is 1.60. The van der Waals surface area contributed by atoms with Gasteiger partial charge >= 0.3 is 5.97 Å². The fraction of sp³-hybridized carbons (Fsp3) is 0.0800. The van der Waals surface area contributed by atoms with Gasteiger partial charge in [0.05, 0.1) is 4.92 Å². The van der Waals surface area contributed by atoms with E-state index in [0.717, 1.165) is 5.56 Å². The van der Waals surface area contributed by atoms with Gasteiger partial charge in [-0.05, 0) is 65.7 Å². The average Bonchev–Trinajstić information content (AvgIpc) is 3.18. The van der Waals surface area contributed by atoms with Crippen molar-refractivity contribution in [3.8, 4) is 5.75 Å². The highest BCUT2D eigenvalue weighted by molar-refractivity contribution is 6.13. The number of nitrogens with zero attached hydrogens (tertiary/aromatic N) is 2. The summed E-state index contributed by atoms with van der Waals surface area (Å²) in [5.74, 6) is -0.00673. The molecule has 3 aromatic carbocycles. The zero-order valence-electron chi connectivity index (χ0n) is 18.1. The number of nitro benzene ring substituents is 1. The Balaban J connectivity index is 1.45. The van der Waals surface area contributed by atoms with E-state index < -0.39 is 10.9 Å². The van der Waals surface area contributed by atoms with E-state index in [9.17, 15) is 19.7 Å². The summed E-state index contributed by atoms with van der Waals surface area (Å²) in [5.41, 5.74) is 2.87. The molecular weight excluding hydrogens is 438 g/mol. The van der Waals surface area contributed by atoms with E-state index in [4.69, 9.17) is 9.47 Å². The standard InChI is InChI=1S/C25H19N3O6/c1-16(29)26-20-9-7-19(8-10-20)24-27-23(25(30)34-24)14-18-3-2-4-22(13-18)33-15-17-5-11-21(12-6-17)28(31)32/h2-14H,15H2,1H3,(H,26,29)/b23-14-. The molecular formula is C25H19N3O6. The molecule has 0 saturated carbocycles. The number of hydrogen-bond donors (Lipinski definition) is 1. The van der Waals surface area contributed by atoms with Gasteiger partial charge in [-0.3, -0.25) is 14.9 Å². The van der Waals surface area contributed by atoms with Crippen molar-refractivity contribution in [3.63, 3.8) is 0 Å². The second-order valence-electron chi connectivity index (χ2n) is 7.38. The summed E-state index contributed by atoms with van der Waals surface area (Å²) in [5, 5.41) is 13.4. The smallest absolute Gasteiger partial charge is 0.363 e. The summed E-state index contributed by atoms with van der Waals surface area (Å²) >= 11 is 0. The molecule has 0 aromatic heterocycles. The molecule has 1 N–H and O–H groups in total. The van der Waals surface area contributed by atoms with Crippen LogP contribution in [-0.2, 0) is 20.9 Å². The third-order valence-corrected chi connectivity index (χ3v) is 4.79. The molecule has 170 valence electrons. The number of amides is 1. The van der Waals surface area contributed by atoms with Gasteiger partial charge in [0.2, 0.25) is 11.8 Å². The number of ether oxygens (including phenoxy) is 2. The monoisotopic (exact) mass is 457 g/mol. The molecule has 4 rings (SSSR count). The number of aliphatic imine (C=N–C) groups is 1. The molecule has 1 heterocycles. The van der Waals surface area contributed by atoms with Crippen LogP contribution in [0.3, 0.4) is 0 Å². The number of carbonyl (C=O) groups excluding carboxylic acids is 2. The van der Waals surface area contributed by atoms with E-state index in [2.05, 4.69) is 10.3 Å². The SMILES string of the molecule is CC(=O)Nc1ccc(C2=N/C(=C\c3cccc(OCc4ccc([N+](=O)[O-])cc4)c3)C(=O)O2)cc1. The van der Waals surface area contributed by atoms with E-state index in [0.29, 0.717) is 22.6 Å². The topological polar surface area (TPSA) is 120 Å². The number of cyclic esters (lactones) is 1. The number of benzene rings is 3. The maximum atomic E-state index is 12.3. The number of hydrogen-bond acceptors (Lipinski definition) is 7. The van der Waals surface area contributed by atoms with Crippen LogP contribution in [0.5, 0.6) is 5.75 Å². The number of nitrogens with one attached hydrogen (secondary N) is 1. The first kappa shape index (κ1) is 22.4. The van der Waals surface area contributed by atoms with Crippen molar-refractivity contribution in [1.29, 1.82) is 0 Å². The average molecular weight is 457 g/mol. The number of rotatable bonds is 7. The van der Waals surface area contributed by atoms with Crippen LogP contribution >= 0.6 is 0 Å². The minimum absolute atomic E-state index is 0.0180. The first-order valence-electron chi connectivity index (χ1n) is 10.2. The molecule has 0 radical (unpaired) electrons. The lowest BCUT2D eigenvalue weighted by atomic mass is 10.2. The van der Waals surface area contributed by atoms with Crippen molar-refractivity contribution in [3.05, 3.63) is 105 Å². The van der Waals surface area contributed by atoms with Crippen molar-refractivity contribution in [2.24, 2.45) is 4.99 Å². The van der Waals surface area contributed by atoms with Gasteiger partial charge < -0.3 is 14.8 Å². The molecule has 3 aromatic rings. The quantitative estimate of drug-likeness (QED) is 0.242. The molecule has 1 aliphatic rings. The molecule has 0 bridgehead atoms. The summed E-state index contributed by atoms with van der Waals surface area (Å²) in [7, 11) is 0. The lowest BCUT2D eigenvalue weighted by Crippen LogP contribution is -2.07. The van der Waals surface area contributed by atoms with E-state index in [1.54, 1.807) is 66.7 Å². The van der Waals surface area contributed by atoms with Gasteiger partial charge in [0.15, 0.2) is 5.70 Å². The Hall–Kier alpha value is -4.79. The summed E-state index contributed by atoms with van der Waals surface area (Å²) in [4.78, 5) is 38.0. The summed E-state index contributed by atoms with van der Waals surface area (Å²) in [6.45, 7) is 1.65. The van der Waals surface area contributed by atoms with Crippen LogP contribution in [-0.4, -0.2) is 22.7 Å². The maximum absolute atomic E-state index is 12.3. The van der Waals surface area contributed by atoms with Crippen LogP contribution in [0, 0.1) is 10.1 Å². The van der Waals surface area contributed by atoms with Crippen molar-refractivity contribution in [2.75, 3.05) is 5.32 Å². The lowest BCUT2D eigenvalue weighted by Gasteiger charge is -2.07. The fourth-order valence-electron chi connectivity index (χ4n) is 3.16. The van der Waals surface area contributed by atoms with E-state index in [1.165, 1.54) is 19.1 Å². The van der Waals surface area contributed by atoms with Crippen molar-refractivity contribution < 1.29 is 24.0 Å². The molecule has 0 unspecified atom stereocenters. The van der Waals surface area contributed by atoms with Crippen molar-refractivity contribution >= 4 is 35.2 Å². The van der Waals surface area contributed by atoms with Crippen molar-refractivity contribution in [1.82, 2.24) is 0 Å². The number of nitro groups is 1. The second-order valence-corrected chi connectivity index (χ2v) is 7.38. The Bertz CT molecular complexity index is 1310. The van der Waals surface area contributed by atoms with Gasteiger partial charge in [0, 0.05) is 30.3 Å². The zero-order chi connectivity index (χ0) is 24.1. The predicted octanol–water partition coefficient (Wildman–Crippen LogP) is 4.48. The molecule has 9 heteroatoms. The third kappa shape index (κ3) is 5.52. The molecule has 0 spiro atoms. The Morgan fingerprint density at radius 2 is 1.85 bits per heavy atom.